The van der Waals surface area contributed by atoms with E-state index in [1.165, 1.54) is 0 Å². The monoisotopic (exact) mass is 293 g/mol. The van der Waals surface area contributed by atoms with E-state index < -0.39 is 0 Å². The van der Waals surface area contributed by atoms with E-state index in [-0.39, 0.29) is 5.91 Å². The summed E-state index contributed by atoms with van der Waals surface area (Å²) in [5.74, 6) is 0.564. The number of amides is 1. The third-order valence-corrected chi connectivity index (χ3v) is 3.16. The van der Waals surface area contributed by atoms with Gasteiger partial charge in [-0.3, -0.25) is 14.8 Å². The number of nitrogens with one attached hydrogen (secondary N) is 1. The normalized spacial score (nSPS) is 10.4. The van der Waals surface area contributed by atoms with Gasteiger partial charge in [0, 0.05) is 23.3 Å². The van der Waals surface area contributed by atoms with Gasteiger partial charge >= 0.3 is 0 Å². The van der Waals surface area contributed by atoms with Crippen molar-refractivity contribution in [2.24, 2.45) is 0 Å². The molecular formula is C17H15N3O2. The Hall–Kier alpha value is -2.95. The smallest absolute Gasteiger partial charge is 0.251 e. The molecule has 3 rings (SSSR count). The Labute approximate surface area is 128 Å². The predicted molar refractivity (Wildman–Crippen MR) is 83.8 cm³/mol. The first-order chi connectivity index (χ1) is 10.8. The minimum atomic E-state index is -0.125. The molecule has 0 bridgehead atoms. The minimum absolute atomic E-state index is 0.125. The SMILES string of the molecule is O=C(NCCOc1cccnc1)c1ccc2ncccc2c1. The minimum Gasteiger partial charge on any atom is -0.490 e. The van der Waals surface area contributed by atoms with Crippen LogP contribution in [0.4, 0.5) is 0 Å². The van der Waals surface area contributed by atoms with Crippen LogP contribution in [0.3, 0.4) is 0 Å². The van der Waals surface area contributed by atoms with E-state index in [1.807, 2.05) is 30.3 Å². The Morgan fingerprint density at radius 1 is 1.14 bits per heavy atom. The summed E-state index contributed by atoms with van der Waals surface area (Å²) in [7, 11) is 0. The Morgan fingerprint density at radius 2 is 2.05 bits per heavy atom. The summed E-state index contributed by atoms with van der Waals surface area (Å²) in [5, 5.41) is 3.78. The lowest BCUT2D eigenvalue weighted by Gasteiger charge is -2.08. The van der Waals surface area contributed by atoms with E-state index in [0.717, 1.165) is 10.9 Å². The van der Waals surface area contributed by atoms with Crippen molar-refractivity contribution in [2.45, 2.75) is 0 Å². The van der Waals surface area contributed by atoms with Crippen LogP contribution in [-0.4, -0.2) is 29.0 Å². The maximum absolute atomic E-state index is 12.1. The molecule has 1 N–H and O–H groups in total. The molecule has 5 heteroatoms. The maximum Gasteiger partial charge on any atom is 0.251 e. The first-order valence-electron chi connectivity index (χ1n) is 6.99. The fourth-order valence-electron chi connectivity index (χ4n) is 2.08. The molecule has 110 valence electrons. The van der Waals surface area contributed by atoms with Gasteiger partial charge in [0.25, 0.3) is 5.91 Å². The number of ether oxygens (including phenoxy) is 1. The van der Waals surface area contributed by atoms with Crippen molar-refractivity contribution in [3.63, 3.8) is 0 Å². The molecule has 0 atom stereocenters. The topological polar surface area (TPSA) is 64.1 Å². The lowest BCUT2D eigenvalue weighted by Crippen LogP contribution is -2.28. The summed E-state index contributed by atoms with van der Waals surface area (Å²) in [5.41, 5.74) is 1.49. The third-order valence-electron chi connectivity index (χ3n) is 3.16. The molecule has 0 aliphatic carbocycles. The van der Waals surface area contributed by atoms with Crippen LogP contribution in [0.1, 0.15) is 10.4 Å². The van der Waals surface area contributed by atoms with Gasteiger partial charge in [0.1, 0.15) is 12.4 Å². The van der Waals surface area contributed by atoms with Gasteiger partial charge in [0.2, 0.25) is 0 Å². The first-order valence-corrected chi connectivity index (χ1v) is 6.99. The van der Waals surface area contributed by atoms with Gasteiger partial charge in [-0.25, -0.2) is 0 Å². The molecule has 0 aliphatic rings. The second-order valence-corrected chi connectivity index (χ2v) is 4.70. The van der Waals surface area contributed by atoms with Crippen LogP contribution >= 0.6 is 0 Å². The average Bonchev–Trinajstić information content (AvgIpc) is 2.59. The summed E-state index contributed by atoms with van der Waals surface area (Å²) in [6.07, 6.45) is 5.05. The molecule has 1 amide bonds. The molecule has 2 heterocycles. The van der Waals surface area contributed by atoms with E-state index in [0.29, 0.717) is 24.5 Å². The summed E-state index contributed by atoms with van der Waals surface area (Å²) >= 11 is 0. The Morgan fingerprint density at radius 3 is 2.91 bits per heavy atom. The quantitative estimate of drug-likeness (QED) is 0.734. The van der Waals surface area contributed by atoms with Crippen LogP contribution in [0, 0.1) is 0 Å². The zero-order valence-corrected chi connectivity index (χ0v) is 11.9. The van der Waals surface area contributed by atoms with Crippen molar-refractivity contribution in [3.8, 4) is 5.75 Å². The van der Waals surface area contributed by atoms with Crippen molar-refractivity contribution in [3.05, 3.63) is 66.6 Å². The van der Waals surface area contributed by atoms with Crippen LogP contribution < -0.4 is 10.1 Å². The summed E-state index contributed by atoms with van der Waals surface area (Å²) < 4.78 is 5.48. The number of rotatable bonds is 5. The van der Waals surface area contributed by atoms with Crippen LogP contribution in [0.5, 0.6) is 5.75 Å². The average molecular weight is 293 g/mol. The molecule has 22 heavy (non-hydrogen) atoms. The molecule has 0 saturated heterocycles. The summed E-state index contributed by atoms with van der Waals surface area (Å²) in [4.78, 5) is 20.3. The molecule has 3 aromatic rings. The number of nitrogens with zero attached hydrogens (tertiary/aromatic N) is 2. The molecule has 1 aromatic carbocycles. The van der Waals surface area contributed by atoms with Crippen LogP contribution in [-0.2, 0) is 0 Å². The van der Waals surface area contributed by atoms with Gasteiger partial charge < -0.3 is 10.1 Å². The van der Waals surface area contributed by atoms with Crippen molar-refractivity contribution in [1.29, 1.82) is 0 Å². The van der Waals surface area contributed by atoms with E-state index >= 15 is 0 Å². The van der Waals surface area contributed by atoms with E-state index in [2.05, 4.69) is 15.3 Å². The summed E-state index contributed by atoms with van der Waals surface area (Å²) in [6.45, 7) is 0.825. The highest BCUT2D eigenvalue weighted by atomic mass is 16.5. The fraction of sp³-hybridized carbons (Fsp3) is 0.118. The molecule has 0 radical (unpaired) electrons. The van der Waals surface area contributed by atoms with E-state index in [1.54, 1.807) is 30.7 Å². The molecule has 2 aromatic heterocycles. The van der Waals surface area contributed by atoms with Gasteiger partial charge in [-0.05, 0) is 36.4 Å². The number of pyridine rings is 2. The summed E-state index contributed by atoms with van der Waals surface area (Å²) in [6, 6.07) is 12.9. The Kier molecular flexibility index (Phi) is 4.25. The number of hydrogen-bond acceptors (Lipinski definition) is 4. The highest BCUT2D eigenvalue weighted by molar-refractivity contribution is 5.97. The molecule has 0 saturated carbocycles. The number of carbonyl (C=O) groups is 1. The Bertz CT molecular complexity index is 775. The molecule has 0 unspecified atom stereocenters. The second-order valence-electron chi connectivity index (χ2n) is 4.70. The molecule has 0 aliphatic heterocycles. The van der Waals surface area contributed by atoms with Gasteiger partial charge in [-0.2, -0.15) is 0 Å². The number of aromatic nitrogens is 2. The van der Waals surface area contributed by atoms with Crippen LogP contribution in [0.2, 0.25) is 0 Å². The van der Waals surface area contributed by atoms with Gasteiger partial charge in [0.15, 0.2) is 0 Å². The van der Waals surface area contributed by atoms with Crippen molar-refractivity contribution >= 4 is 16.8 Å². The van der Waals surface area contributed by atoms with Gasteiger partial charge in [-0.15, -0.1) is 0 Å². The molecule has 5 nitrogen and oxygen atoms in total. The number of carbonyl (C=O) groups excluding carboxylic acids is 1. The van der Waals surface area contributed by atoms with Crippen LogP contribution in [0.25, 0.3) is 10.9 Å². The Balaban J connectivity index is 1.54. The number of fused-ring (bicyclic) bond motifs is 1. The second kappa shape index (κ2) is 6.67. The largest absolute Gasteiger partial charge is 0.490 e. The standard InChI is InChI=1S/C17H15N3O2/c21-17(20-9-10-22-15-4-2-7-18-12-15)14-5-6-16-13(11-14)3-1-8-19-16/h1-8,11-12H,9-10H2,(H,20,21). The zero-order chi connectivity index (χ0) is 15.2. The first kappa shape index (κ1) is 14.0. The molecule has 0 spiro atoms. The van der Waals surface area contributed by atoms with Crippen LogP contribution in [0.15, 0.2) is 61.1 Å². The third kappa shape index (κ3) is 3.38. The fourth-order valence-corrected chi connectivity index (χ4v) is 2.08. The van der Waals surface area contributed by atoms with E-state index in [9.17, 15) is 4.79 Å². The molecule has 0 fully saturated rings. The predicted octanol–water partition coefficient (Wildman–Crippen LogP) is 2.44. The lowest BCUT2D eigenvalue weighted by molar-refractivity contribution is 0.0947. The van der Waals surface area contributed by atoms with Gasteiger partial charge in [0.05, 0.1) is 18.3 Å². The lowest BCUT2D eigenvalue weighted by atomic mass is 10.1. The number of hydrogen-bond donors (Lipinski definition) is 1. The maximum atomic E-state index is 12.1. The van der Waals surface area contributed by atoms with Gasteiger partial charge in [-0.1, -0.05) is 6.07 Å². The van der Waals surface area contributed by atoms with Crippen molar-refractivity contribution in [1.82, 2.24) is 15.3 Å². The number of benzene rings is 1. The zero-order valence-electron chi connectivity index (χ0n) is 11.9. The molecular weight excluding hydrogens is 278 g/mol. The van der Waals surface area contributed by atoms with Crippen molar-refractivity contribution in [2.75, 3.05) is 13.2 Å². The van der Waals surface area contributed by atoms with E-state index in [4.69, 9.17) is 4.74 Å². The highest BCUT2D eigenvalue weighted by Crippen LogP contribution is 2.13. The highest BCUT2D eigenvalue weighted by Gasteiger charge is 2.06. The van der Waals surface area contributed by atoms with Crippen molar-refractivity contribution < 1.29 is 9.53 Å².